The quantitative estimate of drug-likeness (QED) is 0.854. The van der Waals surface area contributed by atoms with Gasteiger partial charge in [0.2, 0.25) is 10.0 Å². The summed E-state index contributed by atoms with van der Waals surface area (Å²) in [6.45, 7) is 3.69. The second-order valence-electron chi connectivity index (χ2n) is 4.34. The Bertz CT molecular complexity index is 530. The van der Waals surface area contributed by atoms with E-state index in [0.29, 0.717) is 0 Å². The highest BCUT2D eigenvalue weighted by molar-refractivity contribution is 7.89. The topological polar surface area (TPSA) is 72.2 Å². The maximum Gasteiger partial charge on any atom is 0.243 e. The van der Waals surface area contributed by atoms with Gasteiger partial charge in [-0.25, -0.2) is 21.9 Å². The standard InChI is InChI=1S/C11H16F2N2O2S/c1-7(2)6-15-18(16,17)10-4-8(5-14)3-9(12)11(10)13/h3-4,7,15H,5-6,14H2,1-2H3. The van der Waals surface area contributed by atoms with Gasteiger partial charge >= 0.3 is 0 Å². The molecule has 0 bridgehead atoms. The molecule has 1 rings (SSSR count). The maximum absolute atomic E-state index is 13.5. The lowest BCUT2D eigenvalue weighted by Crippen LogP contribution is -2.28. The van der Waals surface area contributed by atoms with Crippen molar-refractivity contribution in [2.75, 3.05) is 6.54 Å². The smallest absolute Gasteiger partial charge is 0.243 e. The van der Waals surface area contributed by atoms with E-state index in [1.165, 1.54) is 0 Å². The fourth-order valence-electron chi connectivity index (χ4n) is 1.28. The molecule has 0 aliphatic rings. The molecule has 0 saturated heterocycles. The zero-order valence-electron chi connectivity index (χ0n) is 10.2. The van der Waals surface area contributed by atoms with Crippen LogP contribution in [0.4, 0.5) is 8.78 Å². The highest BCUT2D eigenvalue weighted by Gasteiger charge is 2.22. The van der Waals surface area contributed by atoms with E-state index in [9.17, 15) is 17.2 Å². The number of nitrogens with one attached hydrogen (secondary N) is 1. The van der Waals surface area contributed by atoms with Gasteiger partial charge in [0, 0.05) is 13.1 Å². The molecule has 0 spiro atoms. The van der Waals surface area contributed by atoms with Crippen LogP contribution in [-0.2, 0) is 16.6 Å². The molecule has 18 heavy (non-hydrogen) atoms. The van der Waals surface area contributed by atoms with Gasteiger partial charge in [-0.1, -0.05) is 13.8 Å². The van der Waals surface area contributed by atoms with Crippen molar-refractivity contribution in [1.29, 1.82) is 0 Å². The van der Waals surface area contributed by atoms with Gasteiger partial charge in [0.1, 0.15) is 4.90 Å². The minimum Gasteiger partial charge on any atom is -0.326 e. The normalized spacial score (nSPS) is 12.1. The summed E-state index contributed by atoms with van der Waals surface area (Å²) in [5.74, 6) is -2.54. The first-order chi connectivity index (χ1) is 8.27. The van der Waals surface area contributed by atoms with Crippen LogP contribution >= 0.6 is 0 Å². The first-order valence-electron chi connectivity index (χ1n) is 5.45. The largest absolute Gasteiger partial charge is 0.326 e. The molecule has 1 aromatic rings. The lowest BCUT2D eigenvalue weighted by molar-refractivity contribution is 0.480. The predicted octanol–water partition coefficient (Wildman–Crippen LogP) is 1.36. The summed E-state index contributed by atoms with van der Waals surface area (Å²) < 4.78 is 52.6. The van der Waals surface area contributed by atoms with Gasteiger partial charge in [0.25, 0.3) is 0 Å². The van der Waals surface area contributed by atoms with Crippen LogP contribution in [0.1, 0.15) is 19.4 Å². The van der Waals surface area contributed by atoms with Gasteiger partial charge in [-0.2, -0.15) is 0 Å². The van der Waals surface area contributed by atoms with E-state index in [-0.39, 0.29) is 24.6 Å². The highest BCUT2D eigenvalue weighted by Crippen LogP contribution is 2.19. The lowest BCUT2D eigenvalue weighted by atomic mass is 10.2. The van der Waals surface area contributed by atoms with Crippen molar-refractivity contribution >= 4 is 10.0 Å². The second-order valence-corrected chi connectivity index (χ2v) is 6.08. The van der Waals surface area contributed by atoms with Crippen LogP contribution in [0.5, 0.6) is 0 Å². The van der Waals surface area contributed by atoms with Crippen molar-refractivity contribution in [3.05, 3.63) is 29.3 Å². The Balaban J connectivity index is 3.19. The van der Waals surface area contributed by atoms with E-state index in [4.69, 9.17) is 5.73 Å². The van der Waals surface area contributed by atoms with Crippen LogP contribution in [-0.4, -0.2) is 15.0 Å². The lowest BCUT2D eigenvalue weighted by Gasteiger charge is -2.11. The molecule has 1 aromatic carbocycles. The van der Waals surface area contributed by atoms with E-state index in [0.717, 1.165) is 12.1 Å². The van der Waals surface area contributed by atoms with Gasteiger partial charge in [-0.15, -0.1) is 0 Å². The fraction of sp³-hybridized carbons (Fsp3) is 0.455. The Hall–Kier alpha value is -1.05. The van der Waals surface area contributed by atoms with Crippen molar-refractivity contribution in [2.45, 2.75) is 25.3 Å². The molecule has 0 unspecified atom stereocenters. The SMILES string of the molecule is CC(C)CNS(=O)(=O)c1cc(CN)cc(F)c1F. The zero-order valence-corrected chi connectivity index (χ0v) is 11.0. The molecule has 0 heterocycles. The van der Waals surface area contributed by atoms with Crippen LogP contribution < -0.4 is 10.5 Å². The van der Waals surface area contributed by atoms with Crippen molar-refractivity contribution < 1.29 is 17.2 Å². The Morgan fingerprint density at radius 2 is 1.94 bits per heavy atom. The molecule has 0 aliphatic heterocycles. The van der Waals surface area contributed by atoms with E-state index in [2.05, 4.69) is 4.72 Å². The monoisotopic (exact) mass is 278 g/mol. The van der Waals surface area contributed by atoms with E-state index >= 15 is 0 Å². The van der Waals surface area contributed by atoms with Crippen LogP contribution in [0.15, 0.2) is 17.0 Å². The first-order valence-corrected chi connectivity index (χ1v) is 6.94. The third kappa shape index (κ3) is 3.47. The molecule has 0 amide bonds. The predicted molar refractivity (Wildman–Crippen MR) is 64.3 cm³/mol. The molecule has 0 atom stereocenters. The Morgan fingerprint density at radius 3 is 2.44 bits per heavy atom. The number of nitrogens with two attached hydrogens (primary N) is 1. The number of rotatable bonds is 5. The summed E-state index contributed by atoms with van der Waals surface area (Å²) in [5.41, 5.74) is 5.52. The van der Waals surface area contributed by atoms with Crippen LogP contribution in [0.3, 0.4) is 0 Å². The average molecular weight is 278 g/mol. The molecular weight excluding hydrogens is 262 g/mol. The van der Waals surface area contributed by atoms with E-state index in [1.54, 1.807) is 13.8 Å². The molecule has 4 nitrogen and oxygen atoms in total. The van der Waals surface area contributed by atoms with Crippen molar-refractivity contribution in [2.24, 2.45) is 11.7 Å². The third-order valence-corrected chi connectivity index (χ3v) is 3.68. The molecule has 0 saturated carbocycles. The summed E-state index contributed by atoms with van der Waals surface area (Å²) in [6, 6.07) is 1.93. The molecular formula is C11H16F2N2O2S. The summed E-state index contributed by atoms with van der Waals surface area (Å²) in [7, 11) is -4.06. The minimum atomic E-state index is -4.06. The summed E-state index contributed by atoms with van der Waals surface area (Å²) >= 11 is 0. The van der Waals surface area contributed by atoms with Gasteiger partial charge in [-0.05, 0) is 23.6 Å². The van der Waals surface area contributed by atoms with E-state index < -0.39 is 26.6 Å². The maximum atomic E-state index is 13.5. The third-order valence-electron chi connectivity index (χ3n) is 2.26. The average Bonchev–Trinajstić information content (AvgIpc) is 2.29. The first kappa shape index (κ1) is 15.0. The minimum absolute atomic E-state index is 0.0605. The number of benzene rings is 1. The molecule has 3 N–H and O–H groups in total. The molecule has 0 aliphatic carbocycles. The highest BCUT2D eigenvalue weighted by atomic mass is 32.2. The number of sulfonamides is 1. The Labute approximate surface area is 105 Å². The molecule has 102 valence electrons. The van der Waals surface area contributed by atoms with Crippen LogP contribution in [0.2, 0.25) is 0 Å². The zero-order chi connectivity index (χ0) is 13.9. The molecule has 0 radical (unpaired) electrons. The number of halogens is 2. The summed E-state index contributed by atoms with van der Waals surface area (Å²) in [5, 5.41) is 0. The number of hydrogen-bond acceptors (Lipinski definition) is 3. The van der Waals surface area contributed by atoms with Gasteiger partial charge < -0.3 is 5.73 Å². The Morgan fingerprint density at radius 1 is 1.33 bits per heavy atom. The van der Waals surface area contributed by atoms with Gasteiger partial charge in [0.05, 0.1) is 0 Å². The van der Waals surface area contributed by atoms with Crippen molar-refractivity contribution in [1.82, 2.24) is 4.72 Å². The molecule has 7 heteroatoms. The summed E-state index contributed by atoms with van der Waals surface area (Å²) in [6.07, 6.45) is 0. The van der Waals surface area contributed by atoms with Crippen molar-refractivity contribution in [3.63, 3.8) is 0 Å². The second kappa shape index (κ2) is 5.73. The van der Waals surface area contributed by atoms with Crippen LogP contribution in [0, 0.1) is 17.6 Å². The van der Waals surface area contributed by atoms with Crippen molar-refractivity contribution in [3.8, 4) is 0 Å². The van der Waals surface area contributed by atoms with Crippen LogP contribution in [0.25, 0.3) is 0 Å². The molecule has 0 aromatic heterocycles. The van der Waals surface area contributed by atoms with Gasteiger partial charge in [0.15, 0.2) is 11.6 Å². The fourth-order valence-corrected chi connectivity index (χ4v) is 2.63. The number of hydrogen-bond donors (Lipinski definition) is 2. The van der Waals surface area contributed by atoms with Gasteiger partial charge in [-0.3, -0.25) is 0 Å². The van der Waals surface area contributed by atoms with E-state index in [1.807, 2.05) is 0 Å². The summed E-state index contributed by atoms with van der Waals surface area (Å²) in [4.78, 5) is -0.705. The Kier molecular flexibility index (Phi) is 4.78. The molecule has 0 fully saturated rings.